The van der Waals surface area contributed by atoms with E-state index in [1.807, 2.05) is 6.92 Å². The van der Waals surface area contributed by atoms with E-state index in [0.29, 0.717) is 41.2 Å². The van der Waals surface area contributed by atoms with Gasteiger partial charge in [0.05, 0.1) is 32.1 Å². The number of urea groups is 1. The Morgan fingerprint density at radius 3 is 2.62 bits per heavy atom. The lowest BCUT2D eigenvalue weighted by molar-refractivity contribution is -0.114. The summed E-state index contributed by atoms with van der Waals surface area (Å²) in [6, 6.07) is 3.08. The second-order valence-electron chi connectivity index (χ2n) is 6.31. The third-order valence-corrected chi connectivity index (χ3v) is 4.51. The second-order valence-corrected chi connectivity index (χ2v) is 6.31. The molecule has 1 aliphatic heterocycles. The molecular formula is C19H24N6O4. The van der Waals surface area contributed by atoms with Crippen LogP contribution in [0.3, 0.4) is 0 Å². The van der Waals surface area contributed by atoms with E-state index in [4.69, 9.17) is 9.47 Å². The number of aromatic nitrogens is 2. The molecule has 2 aromatic rings. The lowest BCUT2D eigenvalue weighted by Crippen LogP contribution is -2.48. The van der Waals surface area contributed by atoms with Gasteiger partial charge in [-0.3, -0.25) is 14.6 Å². The van der Waals surface area contributed by atoms with Crippen LogP contribution in [-0.4, -0.2) is 49.7 Å². The summed E-state index contributed by atoms with van der Waals surface area (Å²) in [4.78, 5) is 36.8. The largest absolute Gasteiger partial charge is 0.497 e. The molecule has 0 unspecified atom stereocenters. The highest BCUT2D eigenvalue weighted by atomic mass is 16.5. The predicted octanol–water partition coefficient (Wildman–Crippen LogP) is 2.46. The summed E-state index contributed by atoms with van der Waals surface area (Å²) in [5.74, 6) is 1.59. The van der Waals surface area contributed by atoms with Crippen LogP contribution in [0, 0.1) is 0 Å². The number of anilines is 4. The Morgan fingerprint density at radius 2 is 2.03 bits per heavy atom. The van der Waals surface area contributed by atoms with Gasteiger partial charge >= 0.3 is 6.03 Å². The van der Waals surface area contributed by atoms with Gasteiger partial charge in [0.25, 0.3) is 0 Å². The Bertz CT molecular complexity index is 949. The zero-order valence-corrected chi connectivity index (χ0v) is 17.1. The number of rotatable bonds is 6. The van der Waals surface area contributed by atoms with Gasteiger partial charge in [0.1, 0.15) is 11.6 Å². The van der Waals surface area contributed by atoms with Crippen LogP contribution < -0.4 is 29.9 Å². The Labute approximate surface area is 168 Å². The van der Waals surface area contributed by atoms with Gasteiger partial charge in [-0.15, -0.1) is 0 Å². The van der Waals surface area contributed by atoms with Crippen molar-refractivity contribution in [3.8, 4) is 11.5 Å². The van der Waals surface area contributed by atoms with Crippen molar-refractivity contribution in [2.45, 2.75) is 20.4 Å². The van der Waals surface area contributed by atoms with E-state index in [2.05, 4.69) is 20.6 Å². The molecule has 1 aromatic carbocycles. The van der Waals surface area contributed by atoms with Gasteiger partial charge in [0.2, 0.25) is 11.9 Å². The number of hydrogen-bond donors (Lipinski definition) is 2. The van der Waals surface area contributed by atoms with Crippen molar-refractivity contribution >= 4 is 35.1 Å². The lowest BCUT2D eigenvalue weighted by atomic mass is 10.1. The van der Waals surface area contributed by atoms with E-state index in [0.717, 1.165) is 5.56 Å². The Kier molecular flexibility index (Phi) is 5.71. The molecular weight excluding hydrogens is 376 g/mol. The average Bonchev–Trinajstić information content (AvgIpc) is 2.71. The van der Waals surface area contributed by atoms with Crippen LogP contribution in [0.2, 0.25) is 0 Å². The number of ether oxygens (including phenoxy) is 2. The van der Waals surface area contributed by atoms with Crippen molar-refractivity contribution in [3.63, 3.8) is 0 Å². The van der Waals surface area contributed by atoms with E-state index in [1.165, 1.54) is 21.1 Å². The molecule has 0 saturated heterocycles. The van der Waals surface area contributed by atoms with Gasteiger partial charge in [-0.25, -0.2) is 9.78 Å². The maximum atomic E-state index is 13.3. The zero-order chi connectivity index (χ0) is 21.1. The quantitative estimate of drug-likeness (QED) is 0.767. The first-order chi connectivity index (χ1) is 13.9. The molecule has 0 bridgehead atoms. The Hall–Kier alpha value is -3.56. The smallest absolute Gasteiger partial charge is 0.330 e. The standard InChI is InChI=1S/C19H24N6O4/c1-6-24-17-12(9-21-18(20-3)23-17)10-25(19(24)27)15-8-13(28-4)7-14(16(15)29-5)22-11(2)26/h7-9H,6,10H2,1-5H3,(H,22,26)(H,20,21,23). The lowest BCUT2D eigenvalue weighted by Gasteiger charge is -2.36. The predicted molar refractivity (Wildman–Crippen MR) is 110 cm³/mol. The van der Waals surface area contributed by atoms with Crippen LogP contribution in [-0.2, 0) is 11.3 Å². The Morgan fingerprint density at radius 1 is 1.28 bits per heavy atom. The summed E-state index contributed by atoms with van der Waals surface area (Å²) in [5.41, 5.74) is 1.68. The average molecular weight is 400 g/mol. The van der Waals surface area contributed by atoms with Crippen molar-refractivity contribution < 1.29 is 19.1 Å². The third-order valence-electron chi connectivity index (χ3n) is 4.51. The van der Waals surface area contributed by atoms with Gasteiger partial charge in [0.15, 0.2) is 5.75 Å². The van der Waals surface area contributed by atoms with Crippen molar-refractivity contribution in [2.24, 2.45) is 0 Å². The molecule has 3 amide bonds. The fraction of sp³-hybridized carbons (Fsp3) is 0.368. The van der Waals surface area contributed by atoms with Gasteiger partial charge in [0, 0.05) is 44.4 Å². The number of amides is 3. The number of carbonyl (C=O) groups excluding carboxylic acids is 2. The summed E-state index contributed by atoms with van der Waals surface area (Å²) in [6.07, 6.45) is 1.69. The highest BCUT2D eigenvalue weighted by Crippen LogP contribution is 2.42. The topological polar surface area (TPSA) is 109 Å². The maximum absolute atomic E-state index is 13.3. The van der Waals surface area contributed by atoms with Crippen LogP contribution in [0.15, 0.2) is 18.3 Å². The van der Waals surface area contributed by atoms with E-state index in [1.54, 1.807) is 35.2 Å². The van der Waals surface area contributed by atoms with Crippen molar-refractivity contribution in [1.82, 2.24) is 9.97 Å². The van der Waals surface area contributed by atoms with Crippen molar-refractivity contribution in [1.29, 1.82) is 0 Å². The Balaban J connectivity index is 2.14. The van der Waals surface area contributed by atoms with Crippen LogP contribution in [0.1, 0.15) is 19.4 Å². The molecule has 0 aliphatic carbocycles. The molecule has 154 valence electrons. The molecule has 2 N–H and O–H groups in total. The van der Waals surface area contributed by atoms with Gasteiger partial charge < -0.3 is 20.1 Å². The zero-order valence-electron chi connectivity index (χ0n) is 17.1. The summed E-state index contributed by atoms with van der Waals surface area (Å²) >= 11 is 0. The molecule has 2 heterocycles. The van der Waals surface area contributed by atoms with Crippen LogP contribution in [0.4, 0.5) is 27.9 Å². The number of nitrogens with zero attached hydrogens (tertiary/aromatic N) is 4. The SMILES string of the molecule is CCN1C(=O)N(c2cc(OC)cc(NC(C)=O)c2OC)Cc2cnc(NC)nc21. The van der Waals surface area contributed by atoms with Crippen LogP contribution >= 0.6 is 0 Å². The molecule has 10 heteroatoms. The van der Waals surface area contributed by atoms with Gasteiger partial charge in [-0.1, -0.05) is 0 Å². The second kappa shape index (κ2) is 8.21. The molecule has 0 fully saturated rings. The molecule has 1 aliphatic rings. The molecule has 0 atom stereocenters. The molecule has 0 saturated carbocycles. The first-order valence-electron chi connectivity index (χ1n) is 9.09. The molecule has 10 nitrogen and oxygen atoms in total. The van der Waals surface area contributed by atoms with E-state index in [-0.39, 0.29) is 18.5 Å². The summed E-state index contributed by atoms with van der Waals surface area (Å²) in [6.45, 7) is 3.94. The summed E-state index contributed by atoms with van der Waals surface area (Å²) in [7, 11) is 4.72. The summed E-state index contributed by atoms with van der Waals surface area (Å²) in [5, 5.41) is 5.61. The molecule has 3 rings (SSSR count). The minimum absolute atomic E-state index is 0.248. The number of carbonyl (C=O) groups is 2. The molecule has 0 radical (unpaired) electrons. The van der Waals surface area contributed by atoms with E-state index >= 15 is 0 Å². The fourth-order valence-corrected chi connectivity index (χ4v) is 3.21. The molecule has 29 heavy (non-hydrogen) atoms. The number of fused-ring (bicyclic) bond motifs is 1. The minimum atomic E-state index is -0.263. The fourth-order valence-electron chi connectivity index (χ4n) is 3.21. The van der Waals surface area contributed by atoms with Crippen molar-refractivity contribution in [3.05, 3.63) is 23.9 Å². The monoisotopic (exact) mass is 400 g/mol. The highest BCUT2D eigenvalue weighted by Gasteiger charge is 2.34. The van der Waals surface area contributed by atoms with E-state index < -0.39 is 0 Å². The molecule has 1 aromatic heterocycles. The van der Waals surface area contributed by atoms with E-state index in [9.17, 15) is 9.59 Å². The van der Waals surface area contributed by atoms with Crippen LogP contribution in [0.5, 0.6) is 11.5 Å². The van der Waals surface area contributed by atoms with Crippen molar-refractivity contribution in [2.75, 3.05) is 48.2 Å². The van der Waals surface area contributed by atoms with Crippen LogP contribution in [0.25, 0.3) is 0 Å². The normalized spacial score (nSPS) is 13.1. The number of nitrogens with one attached hydrogen (secondary N) is 2. The first kappa shape index (κ1) is 20.2. The summed E-state index contributed by atoms with van der Waals surface area (Å²) < 4.78 is 10.9. The first-order valence-corrected chi connectivity index (χ1v) is 9.09. The molecule has 0 spiro atoms. The van der Waals surface area contributed by atoms with Gasteiger partial charge in [-0.2, -0.15) is 4.98 Å². The highest BCUT2D eigenvalue weighted by molar-refractivity contribution is 6.07. The maximum Gasteiger partial charge on any atom is 0.330 e. The number of methoxy groups -OCH3 is 2. The number of benzene rings is 1. The third kappa shape index (κ3) is 3.73. The minimum Gasteiger partial charge on any atom is -0.497 e. The number of hydrogen-bond acceptors (Lipinski definition) is 7. The van der Waals surface area contributed by atoms with Gasteiger partial charge in [-0.05, 0) is 6.92 Å².